The zero-order valence-electron chi connectivity index (χ0n) is 10.3. The molecule has 0 heterocycles. The van der Waals surface area contributed by atoms with Gasteiger partial charge in [-0.2, -0.15) is 0 Å². The summed E-state index contributed by atoms with van der Waals surface area (Å²) >= 11 is 0. The molecule has 2 rings (SSSR count). The highest BCUT2D eigenvalue weighted by molar-refractivity contribution is 5.23. The molecule has 0 bridgehead atoms. The Bertz CT molecular complexity index is 368. The molecule has 1 aromatic rings. The number of hydrogen-bond acceptors (Lipinski definition) is 1. The van der Waals surface area contributed by atoms with Gasteiger partial charge >= 0.3 is 0 Å². The fourth-order valence-electron chi connectivity index (χ4n) is 2.41. The fraction of sp³-hybridized carbons (Fsp3) is 0.571. The standard InChI is InChI=1S/C14H19F2N/c1-3-13(10-7-8-10)17-9(2)14-11(15)5-4-6-12(14)16/h4-6,9-10,13,17H,3,7-8H2,1-2H3. The second-order valence-corrected chi connectivity index (χ2v) is 4.88. The van der Waals surface area contributed by atoms with Gasteiger partial charge in [0.1, 0.15) is 11.6 Å². The van der Waals surface area contributed by atoms with Crippen LogP contribution in [0.25, 0.3) is 0 Å². The Morgan fingerprint density at radius 3 is 2.35 bits per heavy atom. The zero-order chi connectivity index (χ0) is 12.4. The lowest BCUT2D eigenvalue weighted by Gasteiger charge is -2.23. The third kappa shape index (κ3) is 2.83. The molecular formula is C14H19F2N. The lowest BCUT2D eigenvalue weighted by atomic mass is 10.0. The Morgan fingerprint density at radius 1 is 1.29 bits per heavy atom. The van der Waals surface area contributed by atoms with Gasteiger partial charge in [-0.25, -0.2) is 8.78 Å². The van der Waals surface area contributed by atoms with Crippen LogP contribution in [0.5, 0.6) is 0 Å². The molecule has 17 heavy (non-hydrogen) atoms. The van der Waals surface area contributed by atoms with Gasteiger partial charge in [0.2, 0.25) is 0 Å². The molecule has 0 saturated heterocycles. The summed E-state index contributed by atoms with van der Waals surface area (Å²) in [6, 6.07) is 4.13. The van der Waals surface area contributed by atoms with Crippen LogP contribution in [0.1, 0.15) is 44.7 Å². The van der Waals surface area contributed by atoms with Crippen molar-refractivity contribution >= 4 is 0 Å². The molecule has 0 amide bonds. The third-order valence-corrected chi connectivity index (χ3v) is 3.53. The van der Waals surface area contributed by atoms with Crippen LogP contribution < -0.4 is 5.32 Å². The van der Waals surface area contributed by atoms with Crippen LogP contribution in [-0.2, 0) is 0 Å². The average Bonchev–Trinajstić information content (AvgIpc) is 3.09. The summed E-state index contributed by atoms with van der Waals surface area (Å²) in [5, 5.41) is 3.35. The van der Waals surface area contributed by atoms with Crippen molar-refractivity contribution in [3.63, 3.8) is 0 Å². The van der Waals surface area contributed by atoms with E-state index in [9.17, 15) is 8.78 Å². The number of benzene rings is 1. The molecule has 1 aliphatic rings. The highest BCUT2D eigenvalue weighted by Crippen LogP contribution is 2.35. The molecular weight excluding hydrogens is 220 g/mol. The van der Waals surface area contributed by atoms with Crippen LogP contribution >= 0.6 is 0 Å². The van der Waals surface area contributed by atoms with Crippen molar-refractivity contribution in [2.75, 3.05) is 0 Å². The fourth-order valence-corrected chi connectivity index (χ4v) is 2.41. The molecule has 0 spiro atoms. The minimum absolute atomic E-state index is 0.159. The maximum absolute atomic E-state index is 13.6. The molecule has 1 aliphatic carbocycles. The lowest BCUT2D eigenvalue weighted by Crippen LogP contribution is -2.33. The molecule has 2 unspecified atom stereocenters. The van der Waals surface area contributed by atoms with E-state index in [0.29, 0.717) is 12.0 Å². The smallest absolute Gasteiger partial charge is 0.130 e. The number of hydrogen-bond donors (Lipinski definition) is 1. The monoisotopic (exact) mass is 239 g/mol. The van der Waals surface area contributed by atoms with Crippen molar-refractivity contribution < 1.29 is 8.78 Å². The molecule has 0 aliphatic heterocycles. The first-order chi connectivity index (χ1) is 8.13. The molecule has 1 aromatic carbocycles. The summed E-state index contributed by atoms with van der Waals surface area (Å²) in [7, 11) is 0. The predicted molar refractivity (Wildman–Crippen MR) is 64.7 cm³/mol. The molecule has 1 nitrogen and oxygen atoms in total. The van der Waals surface area contributed by atoms with E-state index in [1.807, 2.05) is 6.92 Å². The second kappa shape index (κ2) is 5.13. The van der Waals surface area contributed by atoms with Gasteiger partial charge in [0.15, 0.2) is 0 Å². The van der Waals surface area contributed by atoms with Crippen molar-refractivity contribution in [2.24, 2.45) is 5.92 Å². The lowest BCUT2D eigenvalue weighted by molar-refractivity contribution is 0.387. The highest BCUT2D eigenvalue weighted by Gasteiger charge is 2.31. The molecule has 2 atom stereocenters. The van der Waals surface area contributed by atoms with Gasteiger partial charge in [0.25, 0.3) is 0 Å². The molecule has 1 N–H and O–H groups in total. The van der Waals surface area contributed by atoms with Crippen LogP contribution in [0.2, 0.25) is 0 Å². The Balaban J connectivity index is 2.10. The zero-order valence-corrected chi connectivity index (χ0v) is 10.3. The van der Waals surface area contributed by atoms with Crippen LogP contribution in [0.3, 0.4) is 0 Å². The number of nitrogens with one attached hydrogen (secondary N) is 1. The van der Waals surface area contributed by atoms with Gasteiger partial charge in [-0.3, -0.25) is 0 Å². The van der Waals surface area contributed by atoms with Crippen molar-refractivity contribution in [3.8, 4) is 0 Å². The van der Waals surface area contributed by atoms with E-state index >= 15 is 0 Å². The van der Waals surface area contributed by atoms with E-state index < -0.39 is 11.6 Å². The summed E-state index contributed by atoms with van der Waals surface area (Å²) in [6.07, 6.45) is 3.47. The highest BCUT2D eigenvalue weighted by atomic mass is 19.1. The Labute approximate surface area is 101 Å². The quantitative estimate of drug-likeness (QED) is 0.824. The van der Waals surface area contributed by atoms with Crippen molar-refractivity contribution in [1.29, 1.82) is 0 Å². The molecule has 0 aromatic heterocycles. The molecule has 1 saturated carbocycles. The predicted octanol–water partition coefficient (Wildman–Crippen LogP) is 3.80. The molecule has 0 radical (unpaired) electrons. The van der Waals surface area contributed by atoms with E-state index in [4.69, 9.17) is 0 Å². The van der Waals surface area contributed by atoms with Crippen molar-refractivity contribution in [2.45, 2.75) is 45.2 Å². The van der Waals surface area contributed by atoms with Crippen molar-refractivity contribution in [1.82, 2.24) is 5.32 Å². The van der Waals surface area contributed by atoms with Crippen LogP contribution in [0.4, 0.5) is 8.78 Å². The summed E-state index contributed by atoms with van der Waals surface area (Å²) in [5.74, 6) is -0.233. The average molecular weight is 239 g/mol. The molecule has 94 valence electrons. The molecule has 1 fully saturated rings. The van der Waals surface area contributed by atoms with E-state index in [0.717, 1.165) is 6.42 Å². The maximum atomic E-state index is 13.6. The Morgan fingerprint density at radius 2 is 1.88 bits per heavy atom. The normalized spacial score (nSPS) is 19.1. The first-order valence-corrected chi connectivity index (χ1v) is 6.33. The van der Waals surface area contributed by atoms with Gasteiger partial charge in [-0.05, 0) is 44.2 Å². The SMILES string of the molecule is CCC(NC(C)c1c(F)cccc1F)C1CC1. The summed E-state index contributed by atoms with van der Waals surface area (Å²) in [5.41, 5.74) is 0.159. The topological polar surface area (TPSA) is 12.0 Å². The summed E-state index contributed by atoms with van der Waals surface area (Å²) < 4.78 is 27.2. The maximum Gasteiger partial charge on any atom is 0.130 e. The Kier molecular flexibility index (Phi) is 3.77. The minimum Gasteiger partial charge on any atom is -0.307 e. The first kappa shape index (κ1) is 12.5. The van der Waals surface area contributed by atoms with Crippen LogP contribution in [0.15, 0.2) is 18.2 Å². The third-order valence-electron chi connectivity index (χ3n) is 3.53. The number of halogens is 2. The van der Waals surface area contributed by atoms with E-state index in [2.05, 4.69) is 12.2 Å². The van der Waals surface area contributed by atoms with Gasteiger partial charge < -0.3 is 5.32 Å². The minimum atomic E-state index is -0.462. The van der Waals surface area contributed by atoms with Gasteiger partial charge in [-0.15, -0.1) is 0 Å². The van der Waals surface area contributed by atoms with Gasteiger partial charge in [0.05, 0.1) is 0 Å². The summed E-state index contributed by atoms with van der Waals surface area (Å²) in [4.78, 5) is 0. The van der Waals surface area contributed by atoms with Gasteiger partial charge in [-0.1, -0.05) is 13.0 Å². The summed E-state index contributed by atoms with van der Waals surface area (Å²) in [6.45, 7) is 3.94. The Hall–Kier alpha value is -0.960. The van der Waals surface area contributed by atoms with Gasteiger partial charge in [0, 0.05) is 17.6 Å². The number of rotatable bonds is 5. The van der Waals surface area contributed by atoms with E-state index in [-0.39, 0.29) is 11.6 Å². The first-order valence-electron chi connectivity index (χ1n) is 6.33. The van der Waals surface area contributed by atoms with Crippen LogP contribution in [0, 0.1) is 17.6 Å². The van der Waals surface area contributed by atoms with Crippen LogP contribution in [-0.4, -0.2) is 6.04 Å². The van der Waals surface area contributed by atoms with E-state index in [1.54, 1.807) is 0 Å². The molecule has 3 heteroatoms. The van der Waals surface area contributed by atoms with E-state index in [1.165, 1.54) is 31.0 Å². The second-order valence-electron chi connectivity index (χ2n) is 4.88. The largest absolute Gasteiger partial charge is 0.307 e. The van der Waals surface area contributed by atoms with Crippen molar-refractivity contribution in [3.05, 3.63) is 35.4 Å².